The van der Waals surface area contributed by atoms with E-state index in [4.69, 9.17) is 0 Å². The first-order valence-corrected chi connectivity index (χ1v) is 17.1. The Hall–Kier alpha value is -0.571. The second-order valence-corrected chi connectivity index (χ2v) is 20.3. The van der Waals surface area contributed by atoms with Crippen LogP contribution >= 0.6 is 0 Å². The van der Waals surface area contributed by atoms with Gasteiger partial charge in [0.1, 0.15) is 0 Å². The maximum atomic E-state index is 2.54. The average molecular weight is 419 g/mol. The third-order valence-corrected chi connectivity index (χ3v) is 20.9. The van der Waals surface area contributed by atoms with Crippen molar-refractivity contribution in [1.29, 1.82) is 0 Å². The van der Waals surface area contributed by atoms with Crippen molar-refractivity contribution in [1.82, 2.24) is 0 Å². The van der Waals surface area contributed by atoms with E-state index in [0.29, 0.717) is 0 Å². The van der Waals surface area contributed by atoms with Crippen LogP contribution in [0.25, 0.3) is 5.52 Å². The Balaban J connectivity index is 2.41. The molecular formula is C21H34NSn+. The molecule has 0 atom stereocenters. The van der Waals surface area contributed by atoms with Gasteiger partial charge in [0.05, 0.1) is 0 Å². The fraction of sp³-hybridized carbons (Fsp3) is 0.571. The summed E-state index contributed by atoms with van der Waals surface area (Å²) in [5.74, 6) is 0. The molecule has 1 nitrogen and oxygen atoms in total. The molecule has 0 saturated carbocycles. The van der Waals surface area contributed by atoms with Gasteiger partial charge in [-0.2, -0.15) is 0 Å². The third kappa shape index (κ3) is 4.95. The zero-order chi connectivity index (χ0) is 16.5. The van der Waals surface area contributed by atoms with Crippen LogP contribution in [0.4, 0.5) is 0 Å². The van der Waals surface area contributed by atoms with Crippen LogP contribution in [-0.2, 0) is 0 Å². The van der Waals surface area contributed by atoms with Gasteiger partial charge in [0.2, 0.25) is 0 Å². The molecular weight excluding hydrogens is 385 g/mol. The monoisotopic (exact) mass is 420 g/mol. The number of aromatic nitrogens is 1. The summed E-state index contributed by atoms with van der Waals surface area (Å²) in [7, 11) is 0. The van der Waals surface area contributed by atoms with Crippen LogP contribution in [0.2, 0.25) is 13.3 Å². The Labute approximate surface area is 147 Å². The maximum absolute atomic E-state index is 2.54. The molecule has 0 aliphatic rings. The number of fused-ring (bicyclic) bond motifs is 1. The van der Waals surface area contributed by atoms with E-state index in [1.54, 1.807) is 16.9 Å². The molecule has 0 spiro atoms. The minimum atomic E-state index is -2.26. The van der Waals surface area contributed by atoms with E-state index in [-0.39, 0.29) is 0 Å². The second-order valence-electron chi connectivity index (χ2n) is 7.04. The number of pyridine rings is 2. The normalized spacial score (nSPS) is 12.0. The van der Waals surface area contributed by atoms with Crippen LogP contribution in [0.1, 0.15) is 59.3 Å². The van der Waals surface area contributed by atoms with Crippen molar-refractivity contribution >= 4 is 27.5 Å². The van der Waals surface area contributed by atoms with Gasteiger partial charge in [-0.3, -0.25) is 0 Å². The van der Waals surface area contributed by atoms with Crippen molar-refractivity contribution in [2.45, 2.75) is 72.6 Å². The van der Waals surface area contributed by atoms with Gasteiger partial charge in [-0.15, -0.1) is 0 Å². The standard InChI is InChI=1S/C9H7N.3C4H9.Sn/c1-3-7-10-8-4-2-6-9(10)5-1;3*1-3-4-2;/h1,3-8H;3*1,3-4H2,2H3;/q+1;;;;. The van der Waals surface area contributed by atoms with Crippen molar-refractivity contribution in [3.05, 3.63) is 42.7 Å². The first-order chi connectivity index (χ1) is 11.3. The first-order valence-electron chi connectivity index (χ1n) is 9.66. The number of hydrogen-bond acceptors (Lipinski definition) is 0. The van der Waals surface area contributed by atoms with E-state index in [2.05, 4.69) is 67.9 Å². The predicted molar refractivity (Wildman–Crippen MR) is 104 cm³/mol. The van der Waals surface area contributed by atoms with Crippen LogP contribution in [-0.4, -0.2) is 18.4 Å². The number of unbranched alkanes of at least 4 members (excludes halogenated alkanes) is 3. The Kier molecular flexibility index (Phi) is 7.88. The molecule has 2 aromatic heterocycles. The SMILES string of the molecule is CCC[CH2][Sn]([CH2]CCC)([CH2]CCC)[c]1cc[n+]2ccccc2c1. The van der Waals surface area contributed by atoms with E-state index in [9.17, 15) is 0 Å². The van der Waals surface area contributed by atoms with Crippen LogP contribution in [0, 0.1) is 0 Å². The van der Waals surface area contributed by atoms with Crippen LogP contribution in [0.3, 0.4) is 0 Å². The van der Waals surface area contributed by atoms with Gasteiger partial charge in [0.25, 0.3) is 0 Å². The molecule has 126 valence electrons. The molecule has 2 rings (SSSR count). The summed E-state index contributed by atoms with van der Waals surface area (Å²) < 4.78 is 8.69. The van der Waals surface area contributed by atoms with Gasteiger partial charge in [0.15, 0.2) is 0 Å². The topological polar surface area (TPSA) is 4.10 Å². The van der Waals surface area contributed by atoms with Crippen molar-refractivity contribution in [2.75, 3.05) is 0 Å². The predicted octanol–water partition coefficient (Wildman–Crippen LogP) is 5.48. The zero-order valence-corrected chi connectivity index (χ0v) is 18.2. The number of rotatable bonds is 10. The van der Waals surface area contributed by atoms with Crippen LogP contribution < -0.4 is 7.98 Å². The summed E-state index contributed by atoms with van der Waals surface area (Å²) in [4.78, 5) is 0. The minimum absolute atomic E-state index is 1.35. The van der Waals surface area contributed by atoms with E-state index in [0.717, 1.165) is 0 Å². The third-order valence-electron chi connectivity index (χ3n) is 5.28. The molecule has 0 saturated heterocycles. The molecule has 0 bridgehead atoms. The van der Waals surface area contributed by atoms with Crippen LogP contribution in [0.5, 0.6) is 0 Å². The first kappa shape index (κ1) is 18.8. The fourth-order valence-corrected chi connectivity index (χ4v) is 19.7. The zero-order valence-electron chi connectivity index (χ0n) is 15.4. The second kappa shape index (κ2) is 9.66. The van der Waals surface area contributed by atoms with Gasteiger partial charge in [-0.1, -0.05) is 0 Å². The van der Waals surface area contributed by atoms with Crippen molar-refractivity contribution < 1.29 is 4.40 Å². The molecule has 0 aliphatic carbocycles. The molecule has 2 heterocycles. The number of hydrogen-bond donors (Lipinski definition) is 0. The molecule has 2 heteroatoms. The molecule has 23 heavy (non-hydrogen) atoms. The summed E-state index contributed by atoms with van der Waals surface area (Å²) in [6.07, 6.45) is 12.8. The molecule has 0 unspecified atom stereocenters. The van der Waals surface area contributed by atoms with Crippen molar-refractivity contribution in [3.8, 4) is 0 Å². The summed E-state index contributed by atoms with van der Waals surface area (Å²) in [5, 5.41) is 0. The van der Waals surface area contributed by atoms with Gasteiger partial charge in [-0.05, 0) is 0 Å². The Bertz CT molecular complexity index is 571. The average Bonchev–Trinajstić information content (AvgIpc) is 2.61. The van der Waals surface area contributed by atoms with Crippen molar-refractivity contribution in [2.24, 2.45) is 0 Å². The van der Waals surface area contributed by atoms with Crippen molar-refractivity contribution in [3.63, 3.8) is 0 Å². The summed E-state index contributed by atoms with van der Waals surface area (Å²) >= 11 is -2.26. The van der Waals surface area contributed by atoms with Gasteiger partial charge < -0.3 is 0 Å². The van der Waals surface area contributed by atoms with Crippen LogP contribution in [0.15, 0.2) is 42.7 Å². The van der Waals surface area contributed by atoms with E-state index in [1.807, 2.05) is 0 Å². The molecule has 0 amide bonds. The van der Waals surface area contributed by atoms with Gasteiger partial charge in [0, 0.05) is 0 Å². The Morgan fingerprint density at radius 1 is 0.783 bits per heavy atom. The summed E-state index contributed by atoms with van der Waals surface area (Å²) in [6.45, 7) is 7.06. The molecule has 0 N–H and O–H groups in total. The van der Waals surface area contributed by atoms with Gasteiger partial charge >= 0.3 is 147 Å². The molecule has 0 fully saturated rings. The number of nitrogens with zero attached hydrogens (tertiary/aromatic N) is 1. The fourth-order valence-electron chi connectivity index (χ4n) is 3.78. The summed E-state index contributed by atoms with van der Waals surface area (Å²) in [6, 6.07) is 11.6. The van der Waals surface area contributed by atoms with E-state index >= 15 is 0 Å². The van der Waals surface area contributed by atoms with E-state index < -0.39 is 18.4 Å². The summed E-state index contributed by atoms with van der Waals surface area (Å²) in [5.41, 5.74) is 1.37. The van der Waals surface area contributed by atoms with Gasteiger partial charge in [-0.25, -0.2) is 0 Å². The van der Waals surface area contributed by atoms with E-state index in [1.165, 1.54) is 44.0 Å². The molecule has 0 aromatic carbocycles. The molecule has 0 aliphatic heterocycles. The Morgan fingerprint density at radius 2 is 1.39 bits per heavy atom. The Morgan fingerprint density at radius 3 is 1.96 bits per heavy atom. The molecule has 2 aromatic rings. The molecule has 0 radical (unpaired) electrons. The quantitative estimate of drug-likeness (QED) is 0.355.